The topological polar surface area (TPSA) is 50.2 Å². The van der Waals surface area contributed by atoms with E-state index in [2.05, 4.69) is 17.6 Å². The summed E-state index contributed by atoms with van der Waals surface area (Å²) in [6.07, 6.45) is 1.77. The number of carboxylic acid groups (broad SMARTS) is 1. The highest BCUT2D eigenvalue weighted by molar-refractivity contribution is 7.81. The third-order valence-electron chi connectivity index (χ3n) is 0.705. The summed E-state index contributed by atoms with van der Waals surface area (Å²) in [6, 6.07) is 0. The molecule has 0 saturated carbocycles. The second kappa shape index (κ2) is 6.18. The summed E-state index contributed by atoms with van der Waals surface area (Å²) in [5.74, 6) is -0.877. The molecule has 0 aliphatic rings. The Kier molecular flexibility index (Phi) is 5.87. The van der Waals surface area contributed by atoms with E-state index in [4.69, 9.17) is 5.11 Å². The van der Waals surface area contributed by atoms with Crippen molar-refractivity contribution in [3.63, 3.8) is 0 Å². The average Bonchev–Trinajstić information content (AvgIpc) is 2.41. The van der Waals surface area contributed by atoms with E-state index in [0.29, 0.717) is 0 Å². The Labute approximate surface area is 74.5 Å². The van der Waals surface area contributed by atoms with E-state index in [1.54, 1.807) is 23.0 Å². The lowest BCUT2D eigenvalue weighted by molar-refractivity contribution is -0.136. The normalized spacial score (nSPS) is 11.1. The molecule has 0 amide bonds. The number of thiazole rings is 1. The molecule has 1 unspecified atom stereocenters. The summed E-state index contributed by atoms with van der Waals surface area (Å²) in [5.41, 5.74) is 1.79. The summed E-state index contributed by atoms with van der Waals surface area (Å²) < 4.78 is 0. The quantitative estimate of drug-likeness (QED) is 0.662. The molecule has 5 heteroatoms. The minimum absolute atomic E-state index is 0.537. The van der Waals surface area contributed by atoms with E-state index >= 15 is 0 Å². The van der Waals surface area contributed by atoms with Crippen LogP contribution in [0.3, 0.4) is 0 Å². The largest absolute Gasteiger partial charge is 0.480 e. The molecule has 0 aliphatic carbocycles. The van der Waals surface area contributed by atoms with Crippen LogP contribution in [0, 0.1) is 0 Å². The Balaban J connectivity index is 0.000000183. The summed E-state index contributed by atoms with van der Waals surface area (Å²) >= 11 is 5.20. The van der Waals surface area contributed by atoms with Gasteiger partial charge in [0.05, 0.1) is 10.8 Å². The zero-order valence-corrected chi connectivity index (χ0v) is 7.68. The molecule has 1 rings (SSSR count). The smallest absolute Gasteiger partial charge is 0.316 e. The molecule has 1 aromatic heterocycles. The molecule has 11 heavy (non-hydrogen) atoms. The van der Waals surface area contributed by atoms with Gasteiger partial charge in [-0.25, -0.2) is 0 Å². The van der Waals surface area contributed by atoms with Gasteiger partial charge in [-0.2, -0.15) is 12.6 Å². The minimum atomic E-state index is -0.877. The standard InChI is InChI=1S/C3H3NS.C3H6O2S/c1-2-5-3-4-1;1-2(6)3(4)5/h1-3H;2,6H,1H3,(H,4,5). The zero-order chi connectivity index (χ0) is 8.69. The molecule has 0 aliphatic heterocycles. The van der Waals surface area contributed by atoms with Gasteiger partial charge in [-0.05, 0) is 6.92 Å². The fraction of sp³-hybridized carbons (Fsp3) is 0.333. The first-order valence-corrected chi connectivity index (χ1v) is 4.33. The molecule has 0 saturated heterocycles. The van der Waals surface area contributed by atoms with Crippen molar-refractivity contribution in [1.29, 1.82) is 0 Å². The number of nitrogens with zero attached hydrogens (tertiary/aromatic N) is 1. The highest BCUT2D eigenvalue weighted by Gasteiger charge is 2.00. The Bertz CT molecular complexity index is 169. The molecule has 3 nitrogen and oxygen atoms in total. The fourth-order valence-corrected chi connectivity index (χ4v) is 0.527. The molecule has 1 N–H and O–H groups in total. The van der Waals surface area contributed by atoms with Gasteiger partial charge in [0.2, 0.25) is 0 Å². The second-order valence-corrected chi connectivity index (χ2v) is 3.22. The van der Waals surface area contributed by atoms with Crippen molar-refractivity contribution < 1.29 is 9.90 Å². The maximum absolute atomic E-state index is 9.62. The van der Waals surface area contributed by atoms with Gasteiger partial charge in [0, 0.05) is 11.6 Å². The van der Waals surface area contributed by atoms with Crippen LogP contribution in [0.2, 0.25) is 0 Å². The first-order valence-electron chi connectivity index (χ1n) is 2.87. The van der Waals surface area contributed by atoms with Crippen molar-refractivity contribution >= 4 is 29.9 Å². The van der Waals surface area contributed by atoms with Gasteiger partial charge in [0.25, 0.3) is 0 Å². The molecule has 1 atom stereocenters. The van der Waals surface area contributed by atoms with E-state index in [9.17, 15) is 4.79 Å². The van der Waals surface area contributed by atoms with E-state index in [0.717, 1.165) is 0 Å². The van der Waals surface area contributed by atoms with Crippen LogP contribution in [0.1, 0.15) is 6.92 Å². The molecule has 1 aromatic rings. The summed E-state index contributed by atoms with van der Waals surface area (Å²) in [4.78, 5) is 13.4. The van der Waals surface area contributed by atoms with E-state index in [-0.39, 0.29) is 0 Å². The van der Waals surface area contributed by atoms with Crippen LogP contribution in [-0.2, 0) is 4.79 Å². The van der Waals surface area contributed by atoms with Crippen LogP contribution < -0.4 is 0 Å². The molecule has 0 bridgehead atoms. The van der Waals surface area contributed by atoms with Crippen LogP contribution in [0.4, 0.5) is 0 Å². The van der Waals surface area contributed by atoms with E-state index < -0.39 is 11.2 Å². The predicted molar refractivity (Wildman–Crippen MR) is 48.2 cm³/mol. The van der Waals surface area contributed by atoms with Crippen molar-refractivity contribution in [2.45, 2.75) is 12.2 Å². The summed E-state index contributed by atoms with van der Waals surface area (Å²) in [6.45, 7) is 1.51. The average molecular weight is 191 g/mol. The first kappa shape index (κ1) is 10.4. The number of aliphatic carboxylic acids is 1. The van der Waals surface area contributed by atoms with Gasteiger partial charge in [0.1, 0.15) is 0 Å². The molecule has 0 spiro atoms. The van der Waals surface area contributed by atoms with Crippen LogP contribution in [0.5, 0.6) is 0 Å². The summed E-state index contributed by atoms with van der Waals surface area (Å²) in [7, 11) is 0. The molecule has 0 radical (unpaired) electrons. The SMILES string of the molecule is CC(S)C(=O)O.c1cscn1. The van der Waals surface area contributed by atoms with Crippen molar-refractivity contribution in [2.24, 2.45) is 0 Å². The number of hydrogen-bond donors (Lipinski definition) is 2. The van der Waals surface area contributed by atoms with Crippen LogP contribution in [-0.4, -0.2) is 21.3 Å². The molecular weight excluding hydrogens is 182 g/mol. The predicted octanol–water partition coefficient (Wildman–Crippen LogP) is 1.53. The van der Waals surface area contributed by atoms with Gasteiger partial charge in [-0.1, -0.05) is 0 Å². The number of rotatable bonds is 1. The van der Waals surface area contributed by atoms with E-state index in [1.807, 2.05) is 5.38 Å². The van der Waals surface area contributed by atoms with Gasteiger partial charge in [-0.3, -0.25) is 9.78 Å². The van der Waals surface area contributed by atoms with Crippen LogP contribution in [0.15, 0.2) is 17.1 Å². The monoisotopic (exact) mass is 191 g/mol. The molecule has 1 heterocycles. The third kappa shape index (κ3) is 7.35. The van der Waals surface area contributed by atoms with Gasteiger partial charge in [0.15, 0.2) is 0 Å². The van der Waals surface area contributed by atoms with E-state index in [1.165, 1.54) is 6.92 Å². The van der Waals surface area contributed by atoms with Gasteiger partial charge < -0.3 is 5.11 Å². The number of carbonyl (C=O) groups is 1. The second-order valence-electron chi connectivity index (χ2n) is 1.69. The molecular formula is C6H9NO2S2. The molecule has 0 fully saturated rings. The Morgan fingerprint density at radius 3 is 2.45 bits per heavy atom. The van der Waals surface area contributed by atoms with Crippen LogP contribution in [0.25, 0.3) is 0 Å². The Hall–Kier alpha value is -0.550. The first-order chi connectivity index (χ1) is 5.14. The molecule has 0 aromatic carbocycles. The minimum Gasteiger partial charge on any atom is -0.480 e. The van der Waals surface area contributed by atoms with Crippen molar-refractivity contribution in [1.82, 2.24) is 4.98 Å². The van der Waals surface area contributed by atoms with Crippen molar-refractivity contribution in [3.8, 4) is 0 Å². The maximum Gasteiger partial charge on any atom is 0.316 e. The lowest BCUT2D eigenvalue weighted by Gasteiger charge is -1.88. The zero-order valence-electron chi connectivity index (χ0n) is 5.97. The Morgan fingerprint density at radius 2 is 2.36 bits per heavy atom. The Morgan fingerprint density at radius 1 is 1.82 bits per heavy atom. The van der Waals surface area contributed by atoms with Gasteiger partial charge in [-0.15, -0.1) is 11.3 Å². The lowest BCUT2D eigenvalue weighted by atomic mass is 10.5. The highest BCUT2D eigenvalue weighted by atomic mass is 32.1. The fourth-order valence-electron chi connectivity index (χ4n) is 0.176. The number of aromatic nitrogens is 1. The molecule has 62 valence electrons. The third-order valence-corrected chi connectivity index (χ3v) is 1.45. The highest BCUT2D eigenvalue weighted by Crippen LogP contribution is 1.88. The van der Waals surface area contributed by atoms with Crippen molar-refractivity contribution in [3.05, 3.63) is 17.1 Å². The van der Waals surface area contributed by atoms with Crippen LogP contribution >= 0.6 is 24.0 Å². The number of carboxylic acids is 1. The summed E-state index contributed by atoms with van der Waals surface area (Å²) in [5, 5.41) is 9.31. The number of thiol groups is 1. The lowest BCUT2D eigenvalue weighted by Crippen LogP contribution is -2.06. The van der Waals surface area contributed by atoms with Gasteiger partial charge >= 0.3 is 5.97 Å². The maximum atomic E-state index is 9.62. The number of hydrogen-bond acceptors (Lipinski definition) is 4. The van der Waals surface area contributed by atoms with Crippen molar-refractivity contribution in [2.75, 3.05) is 0 Å².